The zero-order valence-corrected chi connectivity index (χ0v) is 15.5. The molecule has 6 heteroatoms. The van der Waals surface area contributed by atoms with Crippen LogP contribution in [0.4, 0.5) is 0 Å². The quantitative estimate of drug-likeness (QED) is 0.714. The van der Waals surface area contributed by atoms with Crippen LogP contribution >= 0.6 is 0 Å². The van der Waals surface area contributed by atoms with E-state index in [4.69, 9.17) is 4.74 Å². The number of carbonyl (C=O) groups is 1. The second-order valence-corrected chi connectivity index (χ2v) is 6.54. The van der Waals surface area contributed by atoms with Crippen LogP contribution in [0.2, 0.25) is 0 Å². The summed E-state index contributed by atoms with van der Waals surface area (Å²) in [6.07, 6.45) is 0.219. The van der Waals surface area contributed by atoms with Gasteiger partial charge in [-0.3, -0.25) is 4.79 Å². The number of hydrogen-bond acceptors (Lipinski definition) is 5. The number of ether oxygens (including phenoxy) is 1. The van der Waals surface area contributed by atoms with Crippen LogP contribution in [-0.2, 0) is 23.2 Å². The normalized spacial score (nSPS) is 12.3. The van der Waals surface area contributed by atoms with Gasteiger partial charge in [0.25, 0.3) is 0 Å². The molecule has 1 heterocycles. The van der Waals surface area contributed by atoms with Crippen LogP contribution in [0.5, 0.6) is 0 Å². The molecule has 1 atom stereocenters. The van der Waals surface area contributed by atoms with E-state index in [9.17, 15) is 9.90 Å². The number of fused-ring (bicyclic) bond motifs is 1. The van der Waals surface area contributed by atoms with E-state index in [1.54, 1.807) is 4.68 Å². The fourth-order valence-electron chi connectivity index (χ4n) is 3.36. The minimum atomic E-state index is -0.278. The Morgan fingerprint density at radius 3 is 2.73 bits per heavy atom. The average Bonchev–Trinajstić information content (AvgIpc) is 3.02. The van der Waals surface area contributed by atoms with E-state index < -0.39 is 0 Å². The molecule has 0 spiro atoms. The van der Waals surface area contributed by atoms with Gasteiger partial charge in [-0.25, -0.2) is 4.68 Å². The predicted molar refractivity (Wildman–Crippen MR) is 98.8 cm³/mol. The second-order valence-electron chi connectivity index (χ2n) is 6.54. The molecule has 0 aliphatic carbocycles. The summed E-state index contributed by atoms with van der Waals surface area (Å²) in [4.78, 5) is 12.1. The number of hydrogen-bond donors (Lipinski definition) is 1. The van der Waals surface area contributed by atoms with Gasteiger partial charge in [0.1, 0.15) is 5.52 Å². The summed E-state index contributed by atoms with van der Waals surface area (Å²) < 4.78 is 6.65. The van der Waals surface area contributed by atoms with Crippen molar-refractivity contribution in [3.63, 3.8) is 0 Å². The van der Waals surface area contributed by atoms with Crippen LogP contribution in [0.25, 0.3) is 11.0 Å². The van der Waals surface area contributed by atoms with Gasteiger partial charge in [0, 0.05) is 13.0 Å². The van der Waals surface area contributed by atoms with Crippen molar-refractivity contribution in [1.29, 1.82) is 0 Å². The Hall–Kier alpha value is -2.73. The predicted octanol–water partition coefficient (Wildman–Crippen LogP) is 2.77. The maximum Gasteiger partial charge on any atom is 0.306 e. The fourth-order valence-corrected chi connectivity index (χ4v) is 3.36. The van der Waals surface area contributed by atoms with Crippen molar-refractivity contribution >= 4 is 17.0 Å². The topological polar surface area (TPSA) is 77.2 Å². The summed E-state index contributed by atoms with van der Waals surface area (Å²) in [5.74, 6) is -0.459. The molecule has 0 saturated carbocycles. The first-order valence-corrected chi connectivity index (χ1v) is 8.52. The Morgan fingerprint density at radius 1 is 1.27 bits per heavy atom. The Labute approximate surface area is 152 Å². The van der Waals surface area contributed by atoms with Crippen LogP contribution in [0, 0.1) is 13.8 Å². The van der Waals surface area contributed by atoms with E-state index >= 15 is 0 Å². The van der Waals surface area contributed by atoms with Gasteiger partial charge >= 0.3 is 5.97 Å². The van der Waals surface area contributed by atoms with E-state index in [2.05, 4.69) is 10.3 Å². The summed E-state index contributed by atoms with van der Waals surface area (Å²) in [6.45, 7) is 3.92. The number of aryl methyl sites for hydroxylation is 3. The average molecular weight is 353 g/mol. The maximum absolute atomic E-state index is 12.1. The monoisotopic (exact) mass is 353 g/mol. The molecule has 0 saturated heterocycles. The van der Waals surface area contributed by atoms with Gasteiger partial charge in [0.15, 0.2) is 0 Å². The van der Waals surface area contributed by atoms with Crippen molar-refractivity contribution in [2.24, 2.45) is 7.05 Å². The summed E-state index contributed by atoms with van der Waals surface area (Å²) >= 11 is 0. The molecule has 0 aliphatic rings. The van der Waals surface area contributed by atoms with Crippen molar-refractivity contribution in [3.8, 4) is 0 Å². The molecule has 1 unspecified atom stereocenters. The molecule has 1 aromatic heterocycles. The standard InChI is InChI=1S/C20H23N3O3/c1-12-5-6-14(9-15(12)11-24)17(10-19(25)26-4)16-7-8-18-20(13(16)2)21-22-23(18)3/h5-9,17,24H,10-11H2,1-4H3. The van der Waals surface area contributed by atoms with Crippen LogP contribution in [0.3, 0.4) is 0 Å². The molecule has 0 bridgehead atoms. The Morgan fingerprint density at radius 2 is 2.04 bits per heavy atom. The first-order valence-electron chi connectivity index (χ1n) is 8.52. The third-order valence-electron chi connectivity index (χ3n) is 5.00. The van der Waals surface area contributed by atoms with E-state index in [1.807, 2.05) is 51.2 Å². The maximum atomic E-state index is 12.1. The molecule has 1 N–H and O–H groups in total. The third kappa shape index (κ3) is 3.20. The zero-order chi connectivity index (χ0) is 18.8. The molecule has 0 radical (unpaired) electrons. The number of aromatic nitrogens is 3. The van der Waals surface area contributed by atoms with Gasteiger partial charge in [0.2, 0.25) is 0 Å². The van der Waals surface area contributed by atoms with E-state index in [-0.39, 0.29) is 24.9 Å². The Balaban J connectivity index is 2.15. The third-order valence-corrected chi connectivity index (χ3v) is 5.00. The highest BCUT2D eigenvalue weighted by Crippen LogP contribution is 2.34. The van der Waals surface area contributed by atoms with Crippen LogP contribution < -0.4 is 0 Å². The van der Waals surface area contributed by atoms with E-state index in [1.165, 1.54) is 7.11 Å². The highest BCUT2D eigenvalue weighted by atomic mass is 16.5. The van der Waals surface area contributed by atoms with Gasteiger partial charge in [-0.2, -0.15) is 0 Å². The Kier molecular flexibility index (Phi) is 5.04. The smallest absolute Gasteiger partial charge is 0.306 e. The molecule has 3 rings (SSSR count). The number of esters is 1. The molecular formula is C20H23N3O3. The lowest BCUT2D eigenvalue weighted by atomic mass is 9.84. The van der Waals surface area contributed by atoms with Crippen molar-refractivity contribution in [2.75, 3.05) is 7.11 Å². The molecule has 0 aliphatic heterocycles. The van der Waals surface area contributed by atoms with Gasteiger partial charge in [-0.1, -0.05) is 29.5 Å². The molecular weight excluding hydrogens is 330 g/mol. The summed E-state index contributed by atoms with van der Waals surface area (Å²) in [5, 5.41) is 18.0. The number of nitrogens with zero attached hydrogens (tertiary/aromatic N) is 3. The first-order chi connectivity index (χ1) is 12.5. The Bertz CT molecular complexity index is 962. The molecule has 0 fully saturated rings. The summed E-state index contributed by atoms with van der Waals surface area (Å²) in [7, 11) is 3.25. The van der Waals surface area contributed by atoms with Gasteiger partial charge in [-0.15, -0.1) is 5.10 Å². The van der Waals surface area contributed by atoms with Crippen LogP contribution in [0.15, 0.2) is 30.3 Å². The number of carbonyl (C=O) groups excluding carboxylic acids is 1. The van der Waals surface area contributed by atoms with Gasteiger partial charge < -0.3 is 9.84 Å². The van der Waals surface area contributed by atoms with Crippen molar-refractivity contribution in [1.82, 2.24) is 15.0 Å². The minimum Gasteiger partial charge on any atom is -0.469 e. The largest absolute Gasteiger partial charge is 0.469 e. The number of benzene rings is 2. The molecule has 0 amide bonds. The second kappa shape index (κ2) is 7.25. The zero-order valence-electron chi connectivity index (χ0n) is 15.5. The molecule has 6 nitrogen and oxygen atoms in total. The van der Waals surface area contributed by atoms with Crippen LogP contribution in [0.1, 0.15) is 40.2 Å². The lowest BCUT2D eigenvalue weighted by molar-refractivity contribution is -0.140. The van der Waals surface area contributed by atoms with E-state index in [0.717, 1.165) is 38.9 Å². The first kappa shape index (κ1) is 18.1. The summed E-state index contributed by atoms with van der Waals surface area (Å²) in [6, 6.07) is 9.93. The molecule has 3 aromatic rings. The lowest BCUT2D eigenvalue weighted by Gasteiger charge is -2.20. The van der Waals surface area contributed by atoms with E-state index in [0.29, 0.717) is 0 Å². The lowest BCUT2D eigenvalue weighted by Crippen LogP contribution is -2.12. The minimum absolute atomic E-state index is 0.0349. The van der Waals surface area contributed by atoms with Crippen molar-refractivity contribution < 1.29 is 14.6 Å². The molecule has 2 aromatic carbocycles. The number of methoxy groups -OCH3 is 1. The SMILES string of the molecule is COC(=O)CC(c1ccc(C)c(CO)c1)c1ccc2c(nnn2C)c1C. The molecule has 26 heavy (non-hydrogen) atoms. The number of rotatable bonds is 5. The van der Waals surface area contributed by atoms with Gasteiger partial charge in [-0.05, 0) is 47.7 Å². The summed E-state index contributed by atoms with van der Waals surface area (Å²) in [5.41, 5.74) is 6.63. The van der Waals surface area contributed by atoms with Crippen molar-refractivity contribution in [3.05, 3.63) is 58.1 Å². The van der Waals surface area contributed by atoms with Crippen molar-refractivity contribution in [2.45, 2.75) is 32.8 Å². The highest BCUT2D eigenvalue weighted by molar-refractivity contribution is 5.80. The fraction of sp³-hybridized carbons (Fsp3) is 0.350. The van der Waals surface area contributed by atoms with Crippen LogP contribution in [-0.4, -0.2) is 33.2 Å². The molecule has 136 valence electrons. The number of aliphatic hydroxyl groups is 1. The van der Waals surface area contributed by atoms with Gasteiger partial charge in [0.05, 0.1) is 25.7 Å². The number of aliphatic hydroxyl groups excluding tert-OH is 1. The highest BCUT2D eigenvalue weighted by Gasteiger charge is 2.23.